The summed E-state index contributed by atoms with van der Waals surface area (Å²) in [7, 11) is 0. The summed E-state index contributed by atoms with van der Waals surface area (Å²) in [6.45, 7) is 0.811. The molecular formula is C19H20N7O2+. The summed E-state index contributed by atoms with van der Waals surface area (Å²) in [6, 6.07) is 7.65. The van der Waals surface area contributed by atoms with Crippen LogP contribution in [-0.2, 0) is 4.79 Å². The van der Waals surface area contributed by atoms with Gasteiger partial charge in [0.25, 0.3) is 0 Å². The highest BCUT2D eigenvalue weighted by atomic mass is 16.3. The third-order valence-corrected chi connectivity index (χ3v) is 4.89. The number of carbonyl (C=O) groups excluding carboxylic acids is 1. The van der Waals surface area contributed by atoms with Gasteiger partial charge < -0.3 is 10.0 Å². The lowest BCUT2D eigenvalue weighted by atomic mass is 10.1. The van der Waals surface area contributed by atoms with Gasteiger partial charge in [-0.25, -0.2) is 9.97 Å². The largest absolute Gasteiger partial charge is 0.387 e. The van der Waals surface area contributed by atoms with E-state index in [-0.39, 0.29) is 11.9 Å². The van der Waals surface area contributed by atoms with Gasteiger partial charge in [-0.05, 0) is 18.6 Å². The number of fused-ring (bicyclic) bond motifs is 1. The summed E-state index contributed by atoms with van der Waals surface area (Å²) in [5.41, 5.74) is 1.96. The summed E-state index contributed by atoms with van der Waals surface area (Å²) < 4.78 is 1.81. The zero-order valence-electron chi connectivity index (χ0n) is 15.2. The van der Waals surface area contributed by atoms with E-state index in [1.807, 2.05) is 11.4 Å². The molecule has 0 spiro atoms. The second-order valence-corrected chi connectivity index (χ2v) is 6.77. The molecule has 9 heteroatoms. The Balaban J connectivity index is 1.57. The lowest BCUT2D eigenvalue weighted by Crippen LogP contribution is -2.87. The molecule has 1 unspecified atom stereocenters. The Morgan fingerprint density at radius 1 is 1.36 bits per heavy atom. The Kier molecular flexibility index (Phi) is 4.97. The number of aliphatic hydroxyl groups excluding tert-OH is 1. The Morgan fingerprint density at radius 2 is 2.25 bits per heavy atom. The summed E-state index contributed by atoms with van der Waals surface area (Å²) in [4.78, 5) is 26.8. The van der Waals surface area contributed by atoms with Crippen molar-refractivity contribution in [3.63, 3.8) is 0 Å². The van der Waals surface area contributed by atoms with E-state index in [0.29, 0.717) is 30.2 Å². The Morgan fingerprint density at radius 3 is 3.07 bits per heavy atom. The molecule has 1 aliphatic heterocycles. The third-order valence-electron chi connectivity index (χ3n) is 4.89. The number of likely N-dealkylation sites (tertiary alicyclic amines) is 1. The number of carbonyl (C=O) groups is 1. The zero-order chi connectivity index (χ0) is 19.5. The number of imidazole rings is 1. The van der Waals surface area contributed by atoms with Crippen LogP contribution in [0.15, 0.2) is 36.8 Å². The van der Waals surface area contributed by atoms with Gasteiger partial charge in [0.1, 0.15) is 30.1 Å². The van der Waals surface area contributed by atoms with Crippen molar-refractivity contribution in [1.29, 1.82) is 5.26 Å². The van der Waals surface area contributed by atoms with Gasteiger partial charge in [-0.1, -0.05) is 0 Å². The van der Waals surface area contributed by atoms with Gasteiger partial charge in [-0.2, -0.15) is 10.2 Å². The minimum absolute atomic E-state index is 0.180. The van der Waals surface area contributed by atoms with Gasteiger partial charge >= 0.3 is 0 Å². The highest BCUT2D eigenvalue weighted by molar-refractivity contribution is 5.77. The van der Waals surface area contributed by atoms with Crippen LogP contribution >= 0.6 is 0 Å². The van der Waals surface area contributed by atoms with Crippen molar-refractivity contribution in [3.05, 3.63) is 42.4 Å². The maximum Gasteiger partial charge on any atom is 0.248 e. The fourth-order valence-electron chi connectivity index (χ4n) is 3.52. The fraction of sp³-hybridized carbons (Fsp3) is 0.316. The van der Waals surface area contributed by atoms with E-state index in [0.717, 1.165) is 24.3 Å². The molecule has 1 saturated heterocycles. The minimum atomic E-state index is -0.455. The van der Waals surface area contributed by atoms with Gasteiger partial charge in [0.2, 0.25) is 11.7 Å². The molecule has 1 fully saturated rings. The Bertz CT molecular complexity index is 1060. The van der Waals surface area contributed by atoms with E-state index in [9.17, 15) is 4.79 Å². The molecule has 28 heavy (non-hydrogen) atoms. The first-order valence-corrected chi connectivity index (χ1v) is 9.12. The van der Waals surface area contributed by atoms with Gasteiger partial charge in [0.05, 0.1) is 18.3 Å². The summed E-state index contributed by atoms with van der Waals surface area (Å²) in [5, 5.41) is 20.3. The van der Waals surface area contributed by atoms with Crippen LogP contribution in [0.2, 0.25) is 0 Å². The van der Waals surface area contributed by atoms with Gasteiger partial charge in [-0.15, -0.1) is 0 Å². The van der Waals surface area contributed by atoms with Crippen LogP contribution in [0.25, 0.3) is 17.2 Å². The van der Waals surface area contributed by atoms with E-state index in [1.54, 1.807) is 40.0 Å². The van der Waals surface area contributed by atoms with Crippen LogP contribution in [0.3, 0.4) is 0 Å². The number of rotatable bonds is 4. The molecule has 1 atom stereocenters. The number of nitriles is 1. The smallest absolute Gasteiger partial charge is 0.248 e. The highest BCUT2D eigenvalue weighted by Crippen LogP contribution is 2.18. The van der Waals surface area contributed by atoms with E-state index in [4.69, 9.17) is 10.4 Å². The molecule has 4 heterocycles. The fourth-order valence-corrected chi connectivity index (χ4v) is 3.52. The summed E-state index contributed by atoms with van der Waals surface area (Å²) in [5.74, 6) is 1.07. The van der Waals surface area contributed by atoms with Crippen molar-refractivity contribution >= 4 is 17.4 Å². The Labute approximate surface area is 161 Å². The first kappa shape index (κ1) is 18.0. The average Bonchev–Trinajstić information content (AvgIpc) is 3.16. The monoisotopic (exact) mass is 378 g/mol. The first-order valence-electron chi connectivity index (χ1n) is 9.12. The summed E-state index contributed by atoms with van der Waals surface area (Å²) in [6.07, 6.45) is 6.97. The van der Waals surface area contributed by atoms with Gasteiger partial charge in [0, 0.05) is 31.4 Å². The minimum Gasteiger partial charge on any atom is -0.387 e. The van der Waals surface area contributed by atoms with E-state index >= 15 is 0 Å². The van der Waals surface area contributed by atoms with Crippen molar-refractivity contribution in [2.75, 3.05) is 19.7 Å². The van der Waals surface area contributed by atoms with E-state index in [1.165, 1.54) is 0 Å². The number of hydrogen-bond donors (Lipinski definition) is 2. The summed E-state index contributed by atoms with van der Waals surface area (Å²) >= 11 is 0. The molecule has 1 amide bonds. The molecule has 3 aromatic rings. The molecule has 3 N–H and O–H groups in total. The van der Waals surface area contributed by atoms with Crippen molar-refractivity contribution in [2.45, 2.75) is 18.9 Å². The van der Waals surface area contributed by atoms with Gasteiger partial charge in [-0.3, -0.25) is 14.5 Å². The van der Waals surface area contributed by atoms with Crippen LogP contribution in [0.5, 0.6) is 0 Å². The molecule has 0 bridgehead atoms. The van der Waals surface area contributed by atoms with Crippen molar-refractivity contribution in [3.8, 4) is 17.6 Å². The van der Waals surface area contributed by atoms with E-state index in [2.05, 4.69) is 21.0 Å². The lowest BCUT2D eigenvalue weighted by Gasteiger charge is -2.30. The van der Waals surface area contributed by atoms with Crippen LogP contribution in [0.4, 0.5) is 5.82 Å². The normalized spacial score (nSPS) is 16.9. The number of aromatic nitrogens is 4. The topological polar surface area (TPSA) is 124 Å². The second kappa shape index (κ2) is 7.72. The van der Waals surface area contributed by atoms with E-state index < -0.39 is 6.61 Å². The predicted octanol–water partition coefficient (Wildman–Crippen LogP) is -0.159. The first-order chi connectivity index (χ1) is 13.7. The standard InChI is InChI=1S/C19H19N7O2/c20-8-13-3-4-17-22-9-15(26(17)10-13)19-21-6-5-16(24-19)23-14-2-1-7-25(11-14)18(28)12-27/h3-6,9-10,14,27H,1-2,7,11-12H2,(H,21,23,24)/p+1. The van der Waals surface area contributed by atoms with Crippen LogP contribution in [0.1, 0.15) is 18.4 Å². The molecule has 0 radical (unpaired) electrons. The second-order valence-electron chi connectivity index (χ2n) is 6.77. The molecule has 0 aromatic carbocycles. The molecule has 1 aliphatic rings. The number of nitrogens with two attached hydrogens (primary N) is 1. The number of piperidine rings is 1. The molecule has 0 saturated carbocycles. The maximum atomic E-state index is 11.8. The van der Waals surface area contributed by atoms with Crippen molar-refractivity contribution in [1.82, 2.24) is 24.3 Å². The maximum absolute atomic E-state index is 11.8. The van der Waals surface area contributed by atoms with Crippen LogP contribution in [0, 0.1) is 11.3 Å². The lowest BCUT2D eigenvalue weighted by molar-refractivity contribution is -0.616. The van der Waals surface area contributed by atoms with Gasteiger partial charge in [0.15, 0.2) is 5.82 Å². The number of amides is 1. The quantitative estimate of drug-likeness (QED) is 0.650. The predicted molar refractivity (Wildman–Crippen MR) is 99.2 cm³/mol. The number of aliphatic hydroxyl groups is 1. The van der Waals surface area contributed by atoms with Crippen LogP contribution in [-0.4, -0.2) is 61.0 Å². The number of quaternary nitrogens is 1. The molecule has 4 rings (SSSR count). The number of nitrogens with zero attached hydrogens (tertiary/aromatic N) is 6. The SMILES string of the molecule is N#Cc1ccc2ncc(-c3nccc([NH2+]C4CCCN(C(=O)CO)C4)n3)n2c1. The van der Waals surface area contributed by atoms with Crippen molar-refractivity contribution < 1.29 is 15.2 Å². The zero-order valence-corrected chi connectivity index (χ0v) is 15.2. The number of hydrogen-bond acceptors (Lipinski definition) is 6. The molecule has 9 nitrogen and oxygen atoms in total. The Hall–Kier alpha value is -3.35. The molecule has 0 aliphatic carbocycles. The highest BCUT2D eigenvalue weighted by Gasteiger charge is 2.26. The number of pyridine rings is 1. The third kappa shape index (κ3) is 3.55. The van der Waals surface area contributed by atoms with Crippen molar-refractivity contribution in [2.24, 2.45) is 0 Å². The average molecular weight is 378 g/mol. The van der Waals surface area contributed by atoms with Crippen LogP contribution < -0.4 is 5.32 Å². The molecular weight excluding hydrogens is 358 g/mol. The molecule has 142 valence electrons. The molecule has 3 aromatic heterocycles.